The van der Waals surface area contributed by atoms with Crippen LogP contribution in [0.5, 0.6) is 0 Å². The van der Waals surface area contributed by atoms with Crippen molar-refractivity contribution in [3.8, 4) is 0 Å². The maximum Gasteiger partial charge on any atom is 0.322 e. The van der Waals surface area contributed by atoms with Gasteiger partial charge in [0, 0.05) is 25.4 Å². The van der Waals surface area contributed by atoms with Gasteiger partial charge in [0.15, 0.2) is 6.29 Å². The molecule has 10 heteroatoms. The number of aliphatic imine (C=N–C) groups is 1. The zero-order chi connectivity index (χ0) is 19.5. The first-order valence-corrected chi connectivity index (χ1v) is 8.79. The first-order chi connectivity index (χ1) is 13.1. The van der Waals surface area contributed by atoms with E-state index in [0.29, 0.717) is 43.1 Å². The predicted octanol–water partition coefficient (Wildman–Crippen LogP) is -1.16. The monoisotopic (exact) mass is 373 g/mol. The van der Waals surface area contributed by atoms with Gasteiger partial charge in [-0.25, -0.2) is 9.79 Å². The molecule has 0 saturated carbocycles. The maximum atomic E-state index is 12.3. The molecule has 27 heavy (non-hydrogen) atoms. The second kappa shape index (κ2) is 10.6. The van der Waals surface area contributed by atoms with Crippen LogP contribution >= 0.6 is 0 Å². The van der Waals surface area contributed by atoms with Crippen molar-refractivity contribution in [2.45, 2.75) is 26.1 Å². The maximum absolute atomic E-state index is 12.3. The molecule has 0 radical (unpaired) electrons. The summed E-state index contributed by atoms with van der Waals surface area (Å²) in [6, 6.07) is 2.75. The van der Waals surface area contributed by atoms with E-state index in [2.05, 4.69) is 42.8 Å². The molecule has 0 spiro atoms. The van der Waals surface area contributed by atoms with E-state index in [1.807, 2.05) is 6.92 Å². The molecule has 0 fully saturated rings. The molecular formula is C17H25N8O2+. The molecule has 1 aliphatic rings. The zero-order valence-electron chi connectivity index (χ0n) is 15.2. The lowest BCUT2D eigenvalue weighted by molar-refractivity contribution is -0.293. The number of amides is 3. The SMILES string of the molecule is CCCNC1=C(C(=O)NCCCN)C=NC(NC(=O)Nc2cc#[n+]cc2)N1. The third kappa shape index (κ3) is 6.48. The Morgan fingerprint density at radius 3 is 2.96 bits per heavy atom. The molecule has 10 nitrogen and oxygen atoms in total. The van der Waals surface area contributed by atoms with Crippen molar-refractivity contribution in [2.75, 3.05) is 25.0 Å². The molecule has 3 amide bonds. The van der Waals surface area contributed by atoms with E-state index in [1.54, 1.807) is 12.1 Å². The Bertz CT molecular complexity index is 689. The minimum absolute atomic E-state index is 0.256. The van der Waals surface area contributed by atoms with Gasteiger partial charge in [-0.15, -0.1) is 0 Å². The van der Waals surface area contributed by atoms with Gasteiger partial charge in [-0.3, -0.25) is 10.1 Å². The summed E-state index contributed by atoms with van der Waals surface area (Å²) < 4.78 is 0. The van der Waals surface area contributed by atoms with Crippen molar-refractivity contribution in [1.29, 1.82) is 0 Å². The molecule has 1 aromatic heterocycles. The highest BCUT2D eigenvalue weighted by molar-refractivity contribution is 6.13. The number of nitrogens with one attached hydrogen (secondary N) is 5. The molecular weight excluding hydrogens is 348 g/mol. The van der Waals surface area contributed by atoms with Gasteiger partial charge < -0.3 is 27.0 Å². The normalized spacial score (nSPS) is 15.4. The molecule has 1 atom stereocenters. The minimum Gasteiger partial charge on any atom is -0.371 e. The number of rotatable bonds is 9. The van der Waals surface area contributed by atoms with Crippen LogP contribution in [0, 0.1) is 6.20 Å². The third-order valence-corrected chi connectivity index (χ3v) is 3.51. The van der Waals surface area contributed by atoms with Crippen LogP contribution in [0.2, 0.25) is 0 Å². The molecule has 7 N–H and O–H groups in total. The summed E-state index contributed by atoms with van der Waals surface area (Å²) in [5.41, 5.74) is 6.38. The van der Waals surface area contributed by atoms with Crippen molar-refractivity contribution in [3.05, 3.63) is 35.9 Å². The van der Waals surface area contributed by atoms with Crippen LogP contribution in [-0.2, 0) is 4.79 Å². The molecule has 0 aromatic carbocycles. The molecule has 1 aliphatic heterocycles. The number of aromatic nitrogens is 1. The van der Waals surface area contributed by atoms with E-state index in [9.17, 15) is 9.59 Å². The Hall–Kier alpha value is -3.32. The Labute approximate surface area is 158 Å². The fourth-order valence-electron chi connectivity index (χ4n) is 2.19. The van der Waals surface area contributed by atoms with Gasteiger partial charge in [0.2, 0.25) is 0 Å². The lowest BCUT2D eigenvalue weighted by Crippen LogP contribution is -2.51. The van der Waals surface area contributed by atoms with Gasteiger partial charge in [0.1, 0.15) is 5.82 Å². The summed E-state index contributed by atoms with van der Waals surface area (Å²) in [5.74, 6) is 0.258. The number of nitrogens with two attached hydrogens (primary N) is 1. The topological polar surface area (TPSA) is 147 Å². The summed E-state index contributed by atoms with van der Waals surface area (Å²) in [6.45, 7) is 3.67. The minimum atomic E-state index is -0.712. The molecule has 1 aromatic rings. The number of anilines is 1. The number of carbonyl (C=O) groups excluding carboxylic acids is 2. The fraction of sp³-hybridized carbons (Fsp3) is 0.412. The average Bonchev–Trinajstić information content (AvgIpc) is 2.67. The van der Waals surface area contributed by atoms with Crippen LogP contribution in [0.25, 0.3) is 0 Å². The van der Waals surface area contributed by atoms with E-state index in [-0.39, 0.29) is 5.91 Å². The molecule has 0 bridgehead atoms. The number of hydrogen-bond donors (Lipinski definition) is 6. The standard InChI is InChI=1S/C17H24N8O2/c1-2-7-20-14-13(15(26)21-8-3-6-18)11-22-16(24-14)25-17(27)23-12-4-9-19-10-5-12/h4-5,9,11,16H,2-3,6-8,18H2,1H3,(H4,20,21,22,24,25,26,27)/p+1. The van der Waals surface area contributed by atoms with Crippen molar-refractivity contribution in [2.24, 2.45) is 10.7 Å². The van der Waals surface area contributed by atoms with Gasteiger partial charge in [0.05, 0.1) is 17.3 Å². The summed E-state index contributed by atoms with van der Waals surface area (Å²) >= 11 is 0. The van der Waals surface area contributed by atoms with E-state index in [1.165, 1.54) is 12.4 Å². The number of nitrogens with zero attached hydrogens (tertiary/aromatic N) is 2. The third-order valence-electron chi connectivity index (χ3n) is 3.51. The summed E-state index contributed by atoms with van der Waals surface area (Å²) in [7, 11) is 0. The first kappa shape index (κ1) is 20.0. The first-order valence-electron chi connectivity index (χ1n) is 8.79. The van der Waals surface area contributed by atoms with Gasteiger partial charge in [-0.2, -0.15) is 0 Å². The highest BCUT2D eigenvalue weighted by Gasteiger charge is 2.22. The van der Waals surface area contributed by atoms with E-state index < -0.39 is 12.3 Å². The van der Waals surface area contributed by atoms with Crippen molar-refractivity contribution >= 4 is 23.8 Å². The van der Waals surface area contributed by atoms with E-state index in [4.69, 9.17) is 5.73 Å². The van der Waals surface area contributed by atoms with Crippen molar-refractivity contribution in [3.63, 3.8) is 0 Å². The van der Waals surface area contributed by atoms with Gasteiger partial charge in [-0.05, 0) is 24.4 Å². The van der Waals surface area contributed by atoms with E-state index in [0.717, 1.165) is 6.42 Å². The van der Waals surface area contributed by atoms with Crippen LogP contribution in [0.4, 0.5) is 10.5 Å². The van der Waals surface area contributed by atoms with Crippen LogP contribution in [0.15, 0.2) is 34.7 Å². The quantitative estimate of drug-likeness (QED) is 0.301. The van der Waals surface area contributed by atoms with Gasteiger partial charge >= 0.3 is 18.4 Å². The van der Waals surface area contributed by atoms with Gasteiger partial charge in [0.25, 0.3) is 5.91 Å². The Morgan fingerprint density at radius 2 is 2.26 bits per heavy atom. The summed E-state index contributed by atoms with van der Waals surface area (Å²) in [4.78, 5) is 32.4. The highest BCUT2D eigenvalue weighted by atomic mass is 16.2. The van der Waals surface area contributed by atoms with Crippen molar-refractivity contribution in [1.82, 2.24) is 21.3 Å². The van der Waals surface area contributed by atoms with E-state index >= 15 is 0 Å². The molecule has 1 unspecified atom stereocenters. The largest absolute Gasteiger partial charge is 0.371 e. The van der Waals surface area contributed by atoms with Crippen LogP contribution in [-0.4, -0.2) is 44.1 Å². The lowest BCUT2D eigenvalue weighted by atomic mass is 10.2. The zero-order valence-corrected chi connectivity index (χ0v) is 15.2. The second-order valence-electron chi connectivity index (χ2n) is 5.71. The fourth-order valence-corrected chi connectivity index (χ4v) is 2.19. The molecule has 2 rings (SSSR count). The Kier molecular flexibility index (Phi) is 7.87. The lowest BCUT2D eigenvalue weighted by Gasteiger charge is -2.25. The number of carbonyl (C=O) groups is 2. The van der Waals surface area contributed by atoms with Crippen molar-refractivity contribution < 1.29 is 14.6 Å². The second-order valence-corrected chi connectivity index (χ2v) is 5.71. The summed E-state index contributed by atoms with van der Waals surface area (Å²) in [5, 5.41) is 14.3. The molecule has 0 aliphatic carbocycles. The summed E-state index contributed by atoms with van der Waals surface area (Å²) in [6.07, 6.45) is 6.46. The molecule has 144 valence electrons. The molecule has 2 heterocycles. The van der Waals surface area contributed by atoms with Crippen LogP contribution < -0.4 is 37.3 Å². The smallest absolute Gasteiger partial charge is 0.322 e. The average molecular weight is 373 g/mol. The number of hydrogen-bond acceptors (Lipinski definition) is 6. The predicted molar refractivity (Wildman–Crippen MR) is 100 cm³/mol. The molecule has 0 saturated heterocycles. The Morgan fingerprint density at radius 1 is 1.41 bits per heavy atom. The van der Waals surface area contributed by atoms with Crippen LogP contribution in [0.3, 0.4) is 0 Å². The Balaban J connectivity index is 1.97. The van der Waals surface area contributed by atoms with Gasteiger partial charge in [-0.1, -0.05) is 6.92 Å². The van der Waals surface area contributed by atoms with Crippen LogP contribution in [0.1, 0.15) is 19.8 Å². The highest BCUT2D eigenvalue weighted by Crippen LogP contribution is 2.06. The number of urea groups is 1.